The van der Waals surface area contributed by atoms with Crippen molar-refractivity contribution in [1.82, 2.24) is 19.4 Å². The van der Waals surface area contributed by atoms with Crippen molar-refractivity contribution in [1.29, 1.82) is 0 Å². The van der Waals surface area contributed by atoms with E-state index in [-0.39, 0.29) is 36.2 Å². The molecule has 1 fully saturated rings. The van der Waals surface area contributed by atoms with Crippen molar-refractivity contribution >= 4 is 17.0 Å². The highest BCUT2D eigenvalue weighted by molar-refractivity contribution is 5.81. The molecule has 2 aromatic heterocycles. The zero-order chi connectivity index (χ0) is 26.0. The number of esters is 1. The van der Waals surface area contributed by atoms with E-state index in [1.54, 1.807) is 24.7 Å². The van der Waals surface area contributed by atoms with Gasteiger partial charge in [-0.3, -0.25) is 9.59 Å². The summed E-state index contributed by atoms with van der Waals surface area (Å²) in [5.41, 5.74) is 4.04. The number of rotatable bonds is 9. The van der Waals surface area contributed by atoms with Gasteiger partial charge in [0.05, 0.1) is 36.9 Å². The summed E-state index contributed by atoms with van der Waals surface area (Å²) < 4.78 is 14.5. The minimum Gasteiger partial charge on any atom is -0.459 e. The highest BCUT2D eigenvalue weighted by Gasteiger charge is 2.28. The molecule has 0 bridgehead atoms. The number of aliphatic hydroxyl groups excluding tert-OH is 1. The normalized spacial score (nSPS) is 17.6. The third kappa shape index (κ3) is 5.38. The topological polar surface area (TPSA) is 108 Å². The van der Waals surface area contributed by atoms with Crippen LogP contribution in [0.3, 0.4) is 0 Å². The lowest BCUT2D eigenvalue weighted by atomic mass is 10.0. The van der Waals surface area contributed by atoms with E-state index < -0.39 is 6.04 Å². The Hall–Kier alpha value is -3.01. The van der Waals surface area contributed by atoms with E-state index in [0.29, 0.717) is 31.1 Å². The lowest BCUT2D eigenvalue weighted by molar-refractivity contribution is -0.152. The molecule has 9 heteroatoms. The summed E-state index contributed by atoms with van der Waals surface area (Å²) in [6.45, 7) is 9.22. The van der Waals surface area contributed by atoms with E-state index in [1.165, 1.54) is 0 Å². The monoisotopic (exact) mass is 496 g/mol. The molecule has 2 unspecified atom stereocenters. The Morgan fingerprint density at radius 1 is 1.31 bits per heavy atom. The first-order valence-electron chi connectivity index (χ1n) is 12.5. The van der Waals surface area contributed by atoms with Crippen LogP contribution in [0.1, 0.15) is 44.4 Å². The third-order valence-electron chi connectivity index (χ3n) is 6.70. The van der Waals surface area contributed by atoms with Gasteiger partial charge in [0.15, 0.2) is 0 Å². The predicted molar refractivity (Wildman–Crippen MR) is 138 cm³/mol. The van der Waals surface area contributed by atoms with Crippen LogP contribution < -0.4 is 10.9 Å². The largest absolute Gasteiger partial charge is 0.459 e. The average Bonchev–Trinajstić information content (AvgIpc) is 3.49. The quantitative estimate of drug-likeness (QED) is 0.439. The number of aromatic nitrogens is 3. The summed E-state index contributed by atoms with van der Waals surface area (Å²) in [4.78, 5) is 29.9. The van der Waals surface area contributed by atoms with Crippen molar-refractivity contribution in [3.05, 3.63) is 51.9 Å². The van der Waals surface area contributed by atoms with Gasteiger partial charge in [0.2, 0.25) is 0 Å². The van der Waals surface area contributed by atoms with E-state index >= 15 is 0 Å². The van der Waals surface area contributed by atoms with Crippen LogP contribution in [-0.2, 0) is 27.9 Å². The summed E-state index contributed by atoms with van der Waals surface area (Å²) in [6, 6.07) is 7.18. The minimum atomic E-state index is -0.433. The van der Waals surface area contributed by atoms with Gasteiger partial charge in [-0.1, -0.05) is 19.9 Å². The number of nitrogens with one attached hydrogen (secondary N) is 1. The molecule has 0 amide bonds. The highest BCUT2D eigenvalue weighted by Crippen LogP contribution is 2.29. The molecule has 3 atom stereocenters. The van der Waals surface area contributed by atoms with E-state index in [0.717, 1.165) is 28.6 Å². The van der Waals surface area contributed by atoms with E-state index in [9.17, 15) is 14.7 Å². The number of pyridine rings is 1. The van der Waals surface area contributed by atoms with Gasteiger partial charge in [-0.05, 0) is 43.5 Å². The average molecular weight is 497 g/mol. The number of carbonyl (C=O) groups excluding carboxylic acids is 1. The van der Waals surface area contributed by atoms with E-state index in [4.69, 9.17) is 14.5 Å². The zero-order valence-electron chi connectivity index (χ0n) is 21.7. The van der Waals surface area contributed by atoms with Crippen LogP contribution in [0.15, 0.2) is 35.3 Å². The van der Waals surface area contributed by atoms with Crippen LogP contribution in [-0.4, -0.2) is 57.2 Å². The summed E-state index contributed by atoms with van der Waals surface area (Å²) in [5.74, 6) is 0.500. The molecule has 0 aliphatic carbocycles. The van der Waals surface area contributed by atoms with Gasteiger partial charge in [-0.15, -0.1) is 0 Å². The Labute approximate surface area is 211 Å². The van der Waals surface area contributed by atoms with Gasteiger partial charge in [-0.25, -0.2) is 4.98 Å². The van der Waals surface area contributed by atoms with E-state index in [2.05, 4.69) is 5.32 Å². The van der Waals surface area contributed by atoms with Crippen molar-refractivity contribution in [2.45, 2.75) is 58.8 Å². The summed E-state index contributed by atoms with van der Waals surface area (Å²) in [5, 5.41) is 13.3. The molecule has 36 heavy (non-hydrogen) atoms. The second-order valence-corrected chi connectivity index (χ2v) is 10.0. The number of hydrogen-bond donors (Lipinski definition) is 2. The Kier molecular flexibility index (Phi) is 7.92. The Morgan fingerprint density at radius 2 is 2.08 bits per heavy atom. The van der Waals surface area contributed by atoms with Crippen LogP contribution >= 0.6 is 0 Å². The predicted octanol–water partition coefficient (Wildman–Crippen LogP) is 2.71. The molecule has 3 aromatic rings. The number of ether oxygens (including phenoxy) is 2. The van der Waals surface area contributed by atoms with Crippen LogP contribution in [0.2, 0.25) is 0 Å². The summed E-state index contributed by atoms with van der Waals surface area (Å²) in [6.07, 6.45) is 2.34. The van der Waals surface area contributed by atoms with Gasteiger partial charge >= 0.3 is 5.97 Å². The number of hydrogen-bond acceptors (Lipinski definition) is 7. The first-order valence-corrected chi connectivity index (χ1v) is 12.5. The SMILES string of the molecule is Cc1cc(-c2nc3cc(CNC(C(=O)OC4CCOC4)C(C)C)ccc3n2[C@H](C)CO)cn(C)c1=O. The van der Waals surface area contributed by atoms with Gasteiger partial charge in [0, 0.05) is 37.3 Å². The molecule has 194 valence electrons. The third-order valence-corrected chi connectivity index (χ3v) is 6.70. The van der Waals surface area contributed by atoms with Gasteiger partial charge < -0.3 is 29.0 Å². The number of benzene rings is 1. The number of aryl methyl sites for hydroxylation is 2. The second kappa shape index (κ2) is 10.9. The number of nitrogens with zero attached hydrogens (tertiary/aromatic N) is 3. The molecule has 1 aromatic carbocycles. The lowest BCUT2D eigenvalue weighted by Crippen LogP contribution is -2.43. The maximum Gasteiger partial charge on any atom is 0.323 e. The van der Waals surface area contributed by atoms with Crippen LogP contribution in [0, 0.1) is 12.8 Å². The second-order valence-electron chi connectivity index (χ2n) is 10.0. The zero-order valence-corrected chi connectivity index (χ0v) is 21.7. The fourth-order valence-electron chi connectivity index (χ4n) is 4.65. The van der Waals surface area contributed by atoms with Crippen LogP contribution in [0.25, 0.3) is 22.4 Å². The first-order chi connectivity index (χ1) is 17.2. The standard InChI is InChI=1S/C27H36N4O5/c1-16(2)24(27(34)36-21-8-9-35-15-21)28-12-19-6-7-23-22(11-19)29-25(31(23)18(4)14-32)20-10-17(3)26(33)30(5)13-20/h6-7,10-11,13,16,18,21,24,28,32H,8-9,12,14-15H2,1-5H3/t18-,21?,24?/m1/s1. The van der Waals surface area contributed by atoms with Gasteiger partial charge in [0.1, 0.15) is 18.0 Å². The smallest absolute Gasteiger partial charge is 0.323 e. The Morgan fingerprint density at radius 3 is 2.72 bits per heavy atom. The fraction of sp³-hybridized carbons (Fsp3) is 0.519. The molecule has 9 nitrogen and oxygen atoms in total. The maximum absolute atomic E-state index is 12.8. The number of carbonyl (C=O) groups is 1. The molecule has 2 N–H and O–H groups in total. The first kappa shape index (κ1) is 26.1. The molecule has 4 rings (SSSR count). The maximum atomic E-state index is 12.8. The molecule has 0 saturated carbocycles. The lowest BCUT2D eigenvalue weighted by Gasteiger charge is -2.22. The molecule has 1 aliphatic rings. The number of fused-ring (bicyclic) bond motifs is 1. The molecule has 0 spiro atoms. The van der Waals surface area contributed by atoms with E-state index in [1.807, 2.05) is 49.6 Å². The summed E-state index contributed by atoms with van der Waals surface area (Å²) >= 11 is 0. The van der Waals surface area contributed by atoms with Crippen molar-refractivity contribution < 1.29 is 19.4 Å². The minimum absolute atomic E-state index is 0.0449. The molecule has 3 heterocycles. The Balaban J connectivity index is 1.61. The summed E-state index contributed by atoms with van der Waals surface area (Å²) in [7, 11) is 1.72. The van der Waals surface area contributed by atoms with Crippen molar-refractivity contribution in [3.63, 3.8) is 0 Å². The molecule has 1 saturated heterocycles. The van der Waals surface area contributed by atoms with Crippen LogP contribution in [0.4, 0.5) is 0 Å². The van der Waals surface area contributed by atoms with Gasteiger partial charge in [0.25, 0.3) is 5.56 Å². The van der Waals surface area contributed by atoms with Gasteiger partial charge in [-0.2, -0.15) is 0 Å². The van der Waals surface area contributed by atoms with Crippen molar-refractivity contribution in [2.75, 3.05) is 19.8 Å². The number of aliphatic hydroxyl groups is 1. The molecule has 1 aliphatic heterocycles. The fourth-order valence-corrected chi connectivity index (χ4v) is 4.65. The van der Waals surface area contributed by atoms with Crippen molar-refractivity contribution in [2.24, 2.45) is 13.0 Å². The Bertz CT molecular complexity index is 1260. The molecular weight excluding hydrogens is 460 g/mol. The van der Waals surface area contributed by atoms with Crippen LogP contribution in [0.5, 0.6) is 0 Å². The highest BCUT2D eigenvalue weighted by atomic mass is 16.6. The number of imidazole rings is 1. The molecular formula is C27H36N4O5. The van der Waals surface area contributed by atoms with Crippen molar-refractivity contribution in [3.8, 4) is 11.4 Å². The molecule has 0 radical (unpaired) electrons.